The second-order valence-corrected chi connectivity index (χ2v) is 5.08. The number of hydrogen-bond acceptors (Lipinski definition) is 3. The van der Waals surface area contributed by atoms with E-state index in [9.17, 15) is 14.7 Å². The molecule has 1 atom stereocenters. The summed E-state index contributed by atoms with van der Waals surface area (Å²) in [5.74, 6) is -0.632. The maximum absolute atomic E-state index is 12.2. The minimum atomic E-state index is -1.70. The molecule has 4 heteroatoms. The largest absolute Gasteiger partial charge is 0.375 e. The van der Waals surface area contributed by atoms with Crippen LogP contribution in [0.2, 0.25) is 0 Å². The number of likely N-dealkylation sites (N-methyl/N-ethyl adjacent to an activating group) is 1. The van der Waals surface area contributed by atoms with Gasteiger partial charge in [0, 0.05) is 19.0 Å². The maximum atomic E-state index is 12.2. The Kier molecular flexibility index (Phi) is 2.78. The smallest absolute Gasteiger partial charge is 0.263 e. The van der Waals surface area contributed by atoms with Crippen molar-refractivity contribution in [1.82, 2.24) is 0 Å². The Morgan fingerprint density at radius 3 is 2.56 bits per heavy atom. The van der Waals surface area contributed by atoms with Gasteiger partial charge in [0.05, 0.1) is 5.69 Å². The highest BCUT2D eigenvalue weighted by molar-refractivity contribution is 6.09. The van der Waals surface area contributed by atoms with Crippen LogP contribution in [0.4, 0.5) is 5.69 Å². The molecule has 0 radical (unpaired) electrons. The third-order valence-corrected chi connectivity index (χ3v) is 3.39. The number of hydrogen-bond donors (Lipinski definition) is 1. The molecule has 1 aromatic rings. The molecule has 1 N–H and O–H groups in total. The summed E-state index contributed by atoms with van der Waals surface area (Å²) in [6, 6.07) is 3.74. The Morgan fingerprint density at radius 2 is 2.00 bits per heavy atom. The number of nitrogens with zero attached hydrogens (tertiary/aromatic N) is 1. The van der Waals surface area contributed by atoms with E-state index in [0.717, 1.165) is 11.1 Å². The second kappa shape index (κ2) is 3.92. The number of amides is 1. The van der Waals surface area contributed by atoms with Gasteiger partial charge in [-0.25, -0.2) is 0 Å². The van der Waals surface area contributed by atoms with Gasteiger partial charge in [-0.05, 0) is 26.3 Å². The summed E-state index contributed by atoms with van der Waals surface area (Å²) in [5, 5.41) is 10.6. The van der Waals surface area contributed by atoms with Gasteiger partial charge < -0.3 is 10.0 Å². The average molecular weight is 247 g/mol. The van der Waals surface area contributed by atoms with Gasteiger partial charge in [-0.2, -0.15) is 0 Å². The predicted octanol–water partition coefficient (Wildman–Crippen LogP) is 1.45. The lowest BCUT2D eigenvalue weighted by atomic mass is 9.88. The number of rotatable bonds is 2. The Balaban J connectivity index is 2.68. The van der Waals surface area contributed by atoms with Crippen molar-refractivity contribution in [2.45, 2.75) is 32.8 Å². The third kappa shape index (κ3) is 1.64. The zero-order chi connectivity index (χ0) is 13.7. The quantitative estimate of drug-likeness (QED) is 0.860. The Labute approximate surface area is 106 Å². The summed E-state index contributed by atoms with van der Waals surface area (Å²) in [7, 11) is 1.63. The Hall–Kier alpha value is -1.68. The molecule has 18 heavy (non-hydrogen) atoms. The molecule has 0 spiro atoms. The first kappa shape index (κ1) is 12.8. The van der Waals surface area contributed by atoms with E-state index in [1.54, 1.807) is 13.1 Å². The van der Waals surface area contributed by atoms with Crippen molar-refractivity contribution in [2.24, 2.45) is 0 Å². The average Bonchev–Trinajstić information content (AvgIpc) is 2.40. The maximum Gasteiger partial charge on any atom is 0.263 e. The van der Waals surface area contributed by atoms with Crippen LogP contribution in [0.25, 0.3) is 0 Å². The Bertz CT molecular complexity index is 550. The SMILES string of the molecule is CC(=O)CC1(O)C(=O)N(C)c2c(C)cc(C)cc21. The van der Waals surface area contributed by atoms with Crippen LogP contribution in [0.3, 0.4) is 0 Å². The zero-order valence-corrected chi connectivity index (χ0v) is 11.1. The summed E-state index contributed by atoms with van der Waals surface area (Å²) in [6.45, 7) is 5.19. The summed E-state index contributed by atoms with van der Waals surface area (Å²) in [6.07, 6.45) is -0.175. The van der Waals surface area contributed by atoms with Gasteiger partial charge in [0.25, 0.3) is 5.91 Å². The van der Waals surface area contributed by atoms with Crippen LogP contribution in [0, 0.1) is 13.8 Å². The summed E-state index contributed by atoms with van der Waals surface area (Å²) in [5.41, 5.74) is 1.46. The topological polar surface area (TPSA) is 57.6 Å². The van der Waals surface area contributed by atoms with E-state index in [2.05, 4.69) is 0 Å². The van der Waals surface area contributed by atoms with E-state index in [0.29, 0.717) is 11.3 Å². The molecule has 1 aliphatic heterocycles. The first-order valence-corrected chi connectivity index (χ1v) is 5.89. The number of aryl methyl sites for hydroxylation is 2. The molecular formula is C14H17NO3. The highest BCUT2D eigenvalue weighted by Gasteiger charge is 2.49. The molecule has 1 unspecified atom stereocenters. The first-order valence-electron chi connectivity index (χ1n) is 5.89. The highest BCUT2D eigenvalue weighted by atomic mass is 16.3. The van der Waals surface area contributed by atoms with Crippen LogP contribution < -0.4 is 4.90 Å². The van der Waals surface area contributed by atoms with Gasteiger partial charge in [-0.1, -0.05) is 17.7 Å². The van der Waals surface area contributed by atoms with Crippen LogP contribution in [0.15, 0.2) is 12.1 Å². The zero-order valence-electron chi connectivity index (χ0n) is 11.1. The van der Waals surface area contributed by atoms with Gasteiger partial charge in [-0.15, -0.1) is 0 Å². The van der Waals surface area contributed by atoms with Crippen LogP contribution in [-0.2, 0) is 15.2 Å². The van der Waals surface area contributed by atoms with E-state index in [4.69, 9.17) is 0 Å². The Morgan fingerprint density at radius 1 is 1.39 bits per heavy atom. The summed E-state index contributed by atoms with van der Waals surface area (Å²) < 4.78 is 0. The van der Waals surface area contributed by atoms with Gasteiger partial charge in [-0.3, -0.25) is 9.59 Å². The van der Waals surface area contributed by atoms with E-state index in [1.807, 2.05) is 19.9 Å². The molecule has 0 aliphatic carbocycles. The molecule has 1 aromatic carbocycles. The van der Waals surface area contributed by atoms with E-state index < -0.39 is 11.5 Å². The predicted molar refractivity (Wildman–Crippen MR) is 68.5 cm³/mol. The lowest BCUT2D eigenvalue weighted by Crippen LogP contribution is -2.39. The molecule has 1 aliphatic rings. The van der Waals surface area contributed by atoms with Crippen molar-refractivity contribution in [3.05, 3.63) is 28.8 Å². The van der Waals surface area contributed by atoms with Crippen molar-refractivity contribution in [2.75, 3.05) is 11.9 Å². The lowest BCUT2D eigenvalue weighted by Gasteiger charge is -2.20. The molecule has 4 nitrogen and oxygen atoms in total. The lowest BCUT2D eigenvalue weighted by molar-refractivity contribution is -0.141. The van der Waals surface area contributed by atoms with Crippen molar-refractivity contribution in [1.29, 1.82) is 0 Å². The van der Waals surface area contributed by atoms with Crippen LogP contribution in [0.5, 0.6) is 0 Å². The fourth-order valence-corrected chi connectivity index (χ4v) is 2.75. The number of fused-ring (bicyclic) bond motifs is 1. The monoisotopic (exact) mass is 247 g/mol. The number of ketones is 1. The van der Waals surface area contributed by atoms with Crippen LogP contribution >= 0.6 is 0 Å². The van der Waals surface area contributed by atoms with E-state index >= 15 is 0 Å². The molecular weight excluding hydrogens is 230 g/mol. The van der Waals surface area contributed by atoms with E-state index in [1.165, 1.54) is 11.8 Å². The molecule has 0 saturated carbocycles. The summed E-state index contributed by atoms with van der Waals surface area (Å²) >= 11 is 0. The van der Waals surface area contributed by atoms with Crippen LogP contribution in [0.1, 0.15) is 30.0 Å². The number of anilines is 1. The second-order valence-electron chi connectivity index (χ2n) is 5.08. The third-order valence-electron chi connectivity index (χ3n) is 3.39. The normalized spacial score (nSPS) is 22.3. The van der Waals surface area contributed by atoms with Gasteiger partial charge >= 0.3 is 0 Å². The molecule has 96 valence electrons. The van der Waals surface area contributed by atoms with Crippen molar-refractivity contribution < 1.29 is 14.7 Å². The molecule has 0 bridgehead atoms. The van der Waals surface area contributed by atoms with Crippen molar-refractivity contribution in [3.63, 3.8) is 0 Å². The molecule has 0 fully saturated rings. The van der Waals surface area contributed by atoms with E-state index in [-0.39, 0.29) is 12.2 Å². The highest BCUT2D eigenvalue weighted by Crippen LogP contribution is 2.44. The molecule has 1 amide bonds. The van der Waals surface area contributed by atoms with Gasteiger partial charge in [0.1, 0.15) is 5.78 Å². The van der Waals surface area contributed by atoms with Gasteiger partial charge in [0.15, 0.2) is 5.60 Å². The molecule has 0 saturated heterocycles. The molecule has 2 rings (SSSR count). The number of carbonyl (C=O) groups is 2. The molecule has 1 heterocycles. The fraction of sp³-hybridized carbons (Fsp3) is 0.429. The minimum absolute atomic E-state index is 0.175. The number of aliphatic hydroxyl groups is 1. The number of Topliss-reactive ketones (excluding diaryl/α,β-unsaturated/α-hetero) is 1. The number of carbonyl (C=O) groups excluding carboxylic acids is 2. The van der Waals surface area contributed by atoms with Crippen molar-refractivity contribution >= 4 is 17.4 Å². The fourth-order valence-electron chi connectivity index (χ4n) is 2.75. The van der Waals surface area contributed by atoms with Gasteiger partial charge in [0.2, 0.25) is 0 Å². The van der Waals surface area contributed by atoms with Crippen LogP contribution in [-0.4, -0.2) is 23.8 Å². The summed E-state index contributed by atoms with van der Waals surface area (Å²) in [4.78, 5) is 25.0. The molecule has 0 aromatic heterocycles. The minimum Gasteiger partial charge on any atom is -0.375 e. The standard InChI is InChI=1S/C14H17NO3/c1-8-5-9(2)12-11(6-8)14(18,7-10(3)16)13(17)15(12)4/h5-6,18H,7H2,1-4H3. The van der Waals surface area contributed by atoms with Crippen molar-refractivity contribution in [3.8, 4) is 0 Å². The first-order chi connectivity index (χ1) is 8.27. The number of benzene rings is 1.